The van der Waals surface area contributed by atoms with Crippen molar-refractivity contribution in [2.75, 3.05) is 5.32 Å². The Morgan fingerprint density at radius 2 is 1.70 bits per heavy atom. The molecular weight excluding hydrogens is 300 g/mol. The number of thiocarbonyl (C=S) groups is 1. The molecule has 0 radical (unpaired) electrons. The summed E-state index contributed by atoms with van der Waals surface area (Å²) in [6.07, 6.45) is 1.06. The Hall–Kier alpha value is -1.87. The van der Waals surface area contributed by atoms with E-state index in [2.05, 4.69) is 68.7 Å². The van der Waals surface area contributed by atoms with Gasteiger partial charge in [0.2, 0.25) is 0 Å². The van der Waals surface area contributed by atoms with E-state index in [9.17, 15) is 0 Å². The third-order valence-corrected chi connectivity index (χ3v) is 4.31. The van der Waals surface area contributed by atoms with Crippen LogP contribution < -0.4 is 10.6 Å². The number of hydrogen-bond acceptors (Lipinski definition) is 1. The van der Waals surface area contributed by atoms with Crippen LogP contribution >= 0.6 is 12.2 Å². The molecule has 2 aromatic carbocycles. The molecule has 0 aromatic heterocycles. The van der Waals surface area contributed by atoms with Gasteiger partial charge in [-0.25, -0.2) is 0 Å². The molecule has 2 rings (SSSR count). The van der Waals surface area contributed by atoms with Crippen LogP contribution in [-0.4, -0.2) is 5.11 Å². The van der Waals surface area contributed by atoms with Crippen molar-refractivity contribution in [3.8, 4) is 0 Å². The van der Waals surface area contributed by atoms with E-state index in [1.807, 2.05) is 18.2 Å². The van der Waals surface area contributed by atoms with Crippen molar-refractivity contribution < 1.29 is 0 Å². The topological polar surface area (TPSA) is 24.1 Å². The van der Waals surface area contributed by atoms with Gasteiger partial charge in [-0.2, -0.15) is 0 Å². The summed E-state index contributed by atoms with van der Waals surface area (Å²) in [7, 11) is 0. The van der Waals surface area contributed by atoms with E-state index in [4.69, 9.17) is 12.2 Å². The minimum atomic E-state index is 0.199. The first kappa shape index (κ1) is 17.5. The highest BCUT2D eigenvalue weighted by molar-refractivity contribution is 7.80. The lowest BCUT2D eigenvalue weighted by Gasteiger charge is -2.25. The van der Waals surface area contributed by atoms with E-state index >= 15 is 0 Å². The second-order valence-electron chi connectivity index (χ2n) is 6.23. The molecule has 0 heterocycles. The van der Waals surface area contributed by atoms with Crippen molar-refractivity contribution in [1.29, 1.82) is 0 Å². The molecule has 0 saturated heterocycles. The molecule has 2 aromatic rings. The van der Waals surface area contributed by atoms with Crippen LogP contribution in [0, 0.1) is 12.8 Å². The van der Waals surface area contributed by atoms with Crippen LogP contribution in [0.15, 0.2) is 48.5 Å². The largest absolute Gasteiger partial charge is 0.355 e. The van der Waals surface area contributed by atoms with Crippen molar-refractivity contribution >= 4 is 23.0 Å². The number of nitrogens with one attached hydrogen (secondary N) is 2. The van der Waals surface area contributed by atoms with E-state index in [0.717, 1.165) is 12.1 Å². The van der Waals surface area contributed by atoms with Crippen molar-refractivity contribution in [3.63, 3.8) is 0 Å². The maximum Gasteiger partial charge on any atom is 0.171 e. The quantitative estimate of drug-likeness (QED) is 0.735. The highest BCUT2D eigenvalue weighted by Crippen LogP contribution is 2.23. The Kier molecular flexibility index (Phi) is 6.17. The summed E-state index contributed by atoms with van der Waals surface area (Å²) in [5, 5.41) is 7.44. The van der Waals surface area contributed by atoms with Gasteiger partial charge in [-0.1, -0.05) is 63.2 Å². The van der Waals surface area contributed by atoms with Crippen molar-refractivity contribution in [1.82, 2.24) is 5.32 Å². The predicted molar refractivity (Wildman–Crippen MR) is 104 cm³/mol. The van der Waals surface area contributed by atoms with Crippen molar-refractivity contribution in [2.24, 2.45) is 5.92 Å². The summed E-state index contributed by atoms with van der Waals surface area (Å²) in [4.78, 5) is 0. The average molecular weight is 327 g/mol. The highest BCUT2D eigenvalue weighted by Gasteiger charge is 2.17. The highest BCUT2D eigenvalue weighted by atomic mass is 32.1. The van der Waals surface area contributed by atoms with Gasteiger partial charge in [-0.05, 0) is 54.2 Å². The number of anilines is 1. The van der Waals surface area contributed by atoms with Gasteiger partial charge in [0.25, 0.3) is 0 Å². The maximum atomic E-state index is 5.52. The number of para-hydroxylation sites is 1. The zero-order chi connectivity index (χ0) is 16.8. The maximum absolute atomic E-state index is 5.52. The minimum absolute atomic E-state index is 0.199. The van der Waals surface area contributed by atoms with Crippen LogP contribution in [0.5, 0.6) is 0 Å². The molecule has 0 fully saturated rings. The van der Waals surface area contributed by atoms with Crippen LogP contribution in [0.3, 0.4) is 0 Å². The van der Waals surface area contributed by atoms with Gasteiger partial charge in [0.1, 0.15) is 0 Å². The molecule has 0 unspecified atom stereocenters. The van der Waals surface area contributed by atoms with E-state index < -0.39 is 0 Å². The van der Waals surface area contributed by atoms with E-state index in [0.29, 0.717) is 11.0 Å². The molecule has 0 aliphatic carbocycles. The van der Waals surface area contributed by atoms with Crippen LogP contribution in [0.2, 0.25) is 0 Å². The molecule has 2 N–H and O–H groups in total. The fourth-order valence-corrected chi connectivity index (χ4v) is 2.85. The SMILES string of the molecule is CCc1ccc([C@@H](NC(=S)Nc2ccccc2C)C(C)C)cc1. The summed E-state index contributed by atoms with van der Waals surface area (Å²) in [5.74, 6) is 0.444. The van der Waals surface area contributed by atoms with Crippen molar-refractivity contribution in [3.05, 3.63) is 65.2 Å². The second kappa shape index (κ2) is 8.11. The van der Waals surface area contributed by atoms with E-state index in [1.54, 1.807) is 0 Å². The first-order valence-corrected chi connectivity index (χ1v) is 8.64. The van der Waals surface area contributed by atoms with Crippen LogP contribution in [0.1, 0.15) is 43.5 Å². The van der Waals surface area contributed by atoms with Gasteiger partial charge in [-0.3, -0.25) is 0 Å². The molecule has 0 aliphatic rings. The number of hydrogen-bond donors (Lipinski definition) is 2. The fraction of sp³-hybridized carbons (Fsp3) is 0.350. The van der Waals surface area contributed by atoms with Gasteiger partial charge in [-0.15, -0.1) is 0 Å². The molecule has 2 nitrogen and oxygen atoms in total. The molecule has 1 atom stereocenters. The Morgan fingerprint density at radius 1 is 1.04 bits per heavy atom. The first-order valence-electron chi connectivity index (χ1n) is 8.23. The molecule has 0 spiro atoms. The van der Waals surface area contributed by atoms with Crippen LogP contribution in [0.25, 0.3) is 0 Å². The van der Waals surface area contributed by atoms with E-state index in [-0.39, 0.29) is 6.04 Å². The minimum Gasteiger partial charge on any atom is -0.355 e. The monoisotopic (exact) mass is 326 g/mol. The number of rotatable bonds is 5. The summed E-state index contributed by atoms with van der Waals surface area (Å²) >= 11 is 5.52. The first-order chi connectivity index (χ1) is 11.0. The molecule has 0 amide bonds. The summed E-state index contributed by atoms with van der Waals surface area (Å²) < 4.78 is 0. The number of benzene rings is 2. The van der Waals surface area contributed by atoms with Gasteiger partial charge in [0.05, 0.1) is 6.04 Å². The summed E-state index contributed by atoms with van der Waals surface area (Å²) in [6, 6.07) is 17.2. The van der Waals surface area contributed by atoms with Gasteiger partial charge in [0.15, 0.2) is 5.11 Å². The third kappa shape index (κ3) is 4.80. The van der Waals surface area contributed by atoms with Gasteiger partial charge in [0, 0.05) is 5.69 Å². The molecule has 0 saturated carbocycles. The molecule has 23 heavy (non-hydrogen) atoms. The smallest absolute Gasteiger partial charge is 0.171 e. The normalized spacial score (nSPS) is 12.0. The molecular formula is C20H26N2S. The summed E-state index contributed by atoms with van der Waals surface area (Å²) in [6.45, 7) is 8.67. The standard InChI is InChI=1S/C20H26N2S/c1-5-16-10-12-17(13-11-16)19(14(2)3)22-20(23)21-18-9-7-6-8-15(18)4/h6-14,19H,5H2,1-4H3,(H2,21,22,23)/t19-/m0/s1. The molecule has 122 valence electrons. The second-order valence-corrected chi connectivity index (χ2v) is 6.64. The zero-order valence-corrected chi connectivity index (χ0v) is 15.2. The van der Waals surface area contributed by atoms with Crippen LogP contribution in [0.4, 0.5) is 5.69 Å². The lowest BCUT2D eigenvalue weighted by Crippen LogP contribution is -2.35. The summed E-state index contributed by atoms with van der Waals surface area (Å²) in [5.41, 5.74) is 4.86. The predicted octanol–water partition coefficient (Wildman–Crippen LogP) is 5.24. The van der Waals surface area contributed by atoms with E-state index in [1.165, 1.54) is 16.7 Å². The van der Waals surface area contributed by atoms with Crippen LogP contribution in [-0.2, 0) is 6.42 Å². The van der Waals surface area contributed by atoms with Gasteiger partial charge < -0.3 is 10.6 Å². The lowest BCUT2D eigenvalue weighted by molar-refractivity contribution is 0.473. The molecule has 3 heteroatoms. The molecule has 0 aliphatic heterocycles. The Labute approximate surface area is 145 Å². The Bertz CT molecular complexity index is 647. The fourth-order valence-electron chi connectivity index (χ4n) is 2.61. The van der Waals surface area contributed by atoms with Gasteiger partial charge >= 0.3 is 0 Å². The Balaban J connectivity index is 2.09. The third-order valence-electron chi connectivity index (χ3n) is 4.09. The Morgan fingerprint density at radius 3 is 2.26 bits per heavy atom. The molecule has 0 bridgehead atoms. The number of aryl methyl sites for hydroxylation is 2. The lowest BCUT2D eigenvalue weighted by atomic mass is 9.95. The average Bonchev–Trinajstić information content (AvgIpc) is 2.55. The van der Waals surface area contributed by atoms with Crippen molar-refractivity contribution in [2.45, 2.75) is 40.2 Å². The zero-order valence-electron chi connectivity index (χ0n) is 14.4.